The number of imide groups is 1. The molecular formula is C20H36IN5O2. The van der Waals surface area contributed by atoms with E-state index in [1.54, 1.807) is 7.05 Å². The third-order valence-corrected chi connectivity index (χ3v) is 6.20. The van der Waals surface area contributed by atoms with Crippen LogP contribution >= 0.6 is 24.0 Å². The minimum Gasteiger partial charge on any atom is -0.355 e. The number of nitrogens with zero attached hydrogens (tertiary/aromatic N) is 3. The van der Waals surface area contributed by atoms with Crippen molar-refractivity contribution in [3.05, 3.63) is 0 Å². The molecule has 2 amide bonds. The standard InChI is InChI=1S/C20H35N5O2.HI/c1-21-20(22-12-15-25-18(26)8-5-9-19(25)27)23-16-10-13-24(14-11-16)17-6-3-2-4-7-17;/h16-17H,2-15H2,1H3,(H2,21,22,23);1H. The normalized spacial score (nSPS) is 23.5. The number of nitrogens with one attached hydrogen (secondary N) is 2. The van der Waals surface area contributed by atoms with Gasteiger partial charge in [-0.05, 0) is 32.1 Å². The second-order valence-corrected chi connectivity index (χ2v) is 8.04. The van der Waals surface area contributed by atoms with Crippen molar-refractivity contribution < 1.29 is 9.59 Å². The zero-order valence-corrected chi connectivity index (χ0v) is 19.5. The highest BCUT2D eigenvalue weighted by Crippen LogP contribution is 2.25. The van der Waals surface area contributed by atoms with E-state index < -0.39 is 0 Å². The molecule has 8 heteroatoms. The average molecular weight is 505 g/mol. The highest BCUT2D eigenvalue weighted by molar-refractivity contribution is 14.0. The van der Waals surface area contributed by atoms with Crippen LogP contribution in [0.2, 0.25) is 0 Å². The van der Waals surface area contributed by atoms with Crippen LogP contribution in [-0.4, -0.2) is 72.9 Å². The van der Waals surface area contributed by atoms with Gasteiger partial charge in [-0.3, -0.25) is 19.5 Å². The van der Waals surface area contributed by atoms with E-state index in [-0.39, 0.29) is 35.8 Å². The lowest BCUT2D eigenvalue weighted by atomic mass is 9.92. The summed E-state index contributed by atoms with van der Waals surface area (Å²) < 4.78 is 0. The molecule has 1 saturated carbocycles. The molecule has 0 spiro atoms. The van der Waals surface area contributed by atoms with Crippen LogP contribution in [0.1, 0.15) is 64.2 Å². The Labute approximate surface area is 186 Å². The van der Waals surface area contributed by atoms with Gasteiger partial charge in [-0.25, -0.2) is 0 Å². The number of hydrogen-bond acceptors (Lipinski definition) is 4. The molecule has 3 fully saturated rings. The van der Waals surface area contributed by atoms with Crippen molar-refractivity contribution in [2.24, 2.45) is 4.99 Å². The first-order chi connectivity index (χ1) is 13.2. The second kappa shape index (κ2) is 11.9. The van der Waals surface area contributed by atoms with Crippen molar-refractivity contribution in [3.63, 3.8) is 0 Å². The lowest BCUT2D eigenvalue weighted by molar-refractivity contribution is -0.147. The highest BCUT2D eigenvalue weighted by atomic mass is 127. The molecular weight excluding hydrogens is 469 g/mol. The molecule has 0 bridgehead atoms. The predicted octanol–water partition coefficient (Wildman–Crippen LogP) is 2.11. The Morgan fingerprint density at radius 1 is 1.00 bits per heavy atom. The maximum absolute atomic E-state index is 11.9. The van der Waals surface area contributed by atoms with E-state index in [0.29, 0.717) is 38.4 Å². The van der Waals surface area contributed by atoms with E-state index in [1.165, 1.54) is 37.0 Å². The fraction of sp³-hybridized carbons (Fsp3) is 0.850. The maximum Gasteiger partial charge on any atom is 0.229 e. The number of amides is 2. The summed E-state index contributed by atoms with van der Waals surface area (Å²) in [6.45, 7) is 3.28. The molecule has 3 rings (SSSR count). The van der Waals surface area contributed by atoms with Crippen molar-refractivity contribution in [2.45, 2.75) is 76.3 Å². The summed E-state index contributed by atoms with van der Waals surface area (Å²) in [6, 6.07) is 1.24. The van der Waals surface area contributed by atoms with E-state index >= 15 is 0 Å². The summed E-state index contributed by atoms with van der Waals surface area (Å²) in [5.74, 6) is 0.667. The quantitative estimate of drug-likeness (QED) is 0.259. The second-order valence-electron chi connectivity index (χ2n) is 8.04. The molecule has 0 radical (unpaired) electrons. The van der Waals surface area contributed by atoms with Crippen molar-refractivity contribution in [2.75, 3.05) is 33.2 Å². The lowest BCUT2D eigenvalue weighted by Gasteiger charge is -2.39. The number of carbonyl (C=O) groups is 2. The highest BCUT2D eigenvalue weighted by Gasteiger charge is 2.27. The molecule has 2 heterocycles. The number of likely N-dealkylation sites (tertiary alicyclic amines) is 2. The van der Waals surface area contributed by atoms with Gasteiger partial charge in [-0.2, -0.15) is 0 Å². The first kappa shape index (κ1) is 23.4. The van der Waals surface area contributed by atoms with Gasteiger partial charge in [0.25, 0.3) is 0 Å². The smallest absolute Gasteiger partial charge is 0.229 e. The Hall–Kier alpha value is -0.900. The number of rotatable bonds is 5. The van der Waals surface area contributed by atoms with E-state index in [4.69, 9.17) is 0 Å². The summed E-state index contributed by atoms with van der Waals surface area (Å²) in [7, 11) is 1.77. The summed E-state index contributed by atoms with van der Waals surface area (Å²) in [4.78, 5) is 32.1. The first-order valence-corrected chi connectivity index (χ1v) is 10.7. The van der Waals surface area contributed by atoms with Crippen LogP contribution in [0.3, 0.4) is 0 Å². The van der Waals surface area contributed by atoms with Crippen LogP contribution in [0.15, 0.2) is 4.99 Å². The third-order valence-electron chi connectivity index (χ3n) is 6.20. The molecule has 28 heavy (non-hydrogen) atoms. The Bertz CT molecular complexity index is 527. The molecule has 3 aliphatic rings. The Morgan fingerprint density at radius 3 is 2.25 bits per heavy atom. The summed E-state index contributed by atoms with van der Waals surface area (Å²) in [6.07, 6.45) is 10.9. The van der Waals surface area contributed by atoms with Gasteiger partial charge in [-0.15, -0.1) is 24.0 Å². The van der Waals surface area contributed by atoms with Gasteiger partial charge in [0, 0.05) is 58.2 Å². The van der Waals surface area contributed by atoms with Gasteiger partial charge in [-0.1, -0.05) is 19.3 Å². The van der Waals surface area contributed by atoms with Gasteiger partial charge in [0.05, 0.1) is 0 Å². The molecule has 2 aliphatic heterocycles. The van der Waals surface area contributed by atoms with Crippen LogP contribution < -0.4 is 10.6 Å². The summed E-state index contributed by atoms with van der Waals surface area (Å²) in [5.41, 5.74) is 0. The fourth-order valence-corrected chi connectivity index (χ4v) is 4.58. The van der Waals surface area contributed by atoms with Crippen LogP contribution in [0.25, 0.3) is 0 Å². The Morgan fingerprint density at radius 2 is 1.64 bits per heavy atom. The SMILES string of the molecule is CN=C(NCCN1C(=O)CCCC1=O)NC1CCN(C2CCCCC2)CC1.I. The largest absolute Gasteiger partial charge is 0.355 e. The molecule has 0 aromatic carbocycles. The van der Waals surface area contributed by atoms with Crippen LogP contribution in [0.4, 0.5) is 0 Å². The van der Waals surface area contributed by atoms with Crippen molar-refractivity contribution in [3.8, 4) is 0 Å². The topological polar surface area (TPSA) is 77.0 Å². The van der Waals surface area contributed by atoms with Gasteiger partial charge in [0.1, 0.15) is 0 Å². The molecule has 0 atom stereocenters. The van der Waals surface area contributed by atoms with Gasteiger partial charge >= 0.3 is 0 Å². The minimum absolute atomic E-state index is 0. The Kier molecular flexibility index (Phi) is 9.98. The van der Waals surface area contributed by atoms with Gasteiger partial charge in [0.2, 0.25) is 11.8 Å². The minimum atomic E-state index is -0.0499. The zero-order chi connectivity index (χ0) is 19.1. The number of piperidine rings is 2. The first-order valence-electron chi connectivity index (χ1n) is 10.7. The van der Waals surface area contributed by atoms with E-state index in [9.17, 15) is 9.59 Å². The number of carbonyl (C=O) groups excluding carboxylic acids is 2. The molecule has 0 aromatic heterocycles. The van der Waals surface area contributed by atoms with Crippen molar-refractivity contribution >= 4 is 41.8 Å². The summed E-state index contributed by atoms with van der Waals surface area (Å²) in [5, 5.41) is 6.77. The molecule has 0 aromatic rings. The van der Waals surface area contributed by atoms with Crippen molar-refractivity contribution in [1.29, 1.82) is 0 Å². The number of aliphatic imine (C=N–C) groups is 1. The number of hydrogen-bond donors (Lipinski definition) is 2. The number of halogens is 1. The fourth-order valence-electron chi connectivity index (χ4n) is 4.58. The summed E-state index contributed by atoms with van der Waals surface area (Å²) >= 11 is 0. The molecule has 7 nitrogen and oxygen atoms in total. The maximum atomic E-state index is 11.9. The Balaban J connectivity index is 0.00000280. The van der Waals surface area contributed by atoms with E-state index in [1.807, 2.05) is 0 Å². The zero-order valence-electron chi connectivity index (χ0n) is 17.1. The third kappa shape index (κ3) is 6.57. The number of guanidine groups is 1. The molecule has 1 aliphatic carbocycles. The van der Waals surface area contributed by atoms with Gasteiger partial charge < -0.3 is 15.5 Å². The van der Waals surface area contributed by atoms with Crippen LogP contribution in [0.5, 0.6) is 0 Å². The predicted molar refractivity (Wildman–Crippen MR) is 122 cm³/mol. The molecule has 0 unspecified atom stereocenters. The van der Waals surface area contributed by atoms with Crippen molar-refractivity contribution in [1.82, 2.24) is 20.4 Å². The average Bonchev–Trinajstić information content (AvgIpc) is 2.70. The molecule has 2 N–H and O–H groups in total. The van der Waals surface area contributed by atoms with E-state index in [0.717, 1.165) is 37.9 Å². The molecule has 160 valence electrons. The van der Waals surface area contributed by atoms with Crippen LogP contribution in [-0.2, 0) is 9.59 Å². The van der Waals surface area contributed by atoms with Gasteiger partial charge in [0.15, 0.2) is 5.96 Å². The monoisotopic (exact) mass is 505 g/mol. The van der Waals surface area contributed by atoms with Crippen LogP contribution in [0, 0.1) is 0 Å². The van der Waals surface area contributed by atoms with E-state index in [2.05, 4.69) is 20.5 Å². The lowest BCUT2D eigenvalue weighted by Crippen LogP contribution is -2.52. The molecule has 2 saturated heterocycles.